The summed E-state index contributed by atoms with van der Waals surface area (Å²) in [5.41, 5.74) is 2.80. The summed E-state index contributed by atoms with van der Waals surface area (Å²) >= 11 is 7.62. The Labute approximate surface area is 138 Å². The van der Waals surface area contributed by atoms with E-state index in [-0.39, 0.29) is 5.91 Å². The normalized spacial score (nSPS) is 14.0. The van der Waals surface area contributed by atoms with E-state index in [9.17, 15) is 4.79 Å². The zero-order valence-corrected chi connectivity index (χ0v) is 13.9. The molecule has 1 aromatic carbocycles. The van der Waals surface area contributed by atoms with E-state index < -0.39 is 0 Å². The van der Waals surface area contributed by atoms with Crippen molar-refractivity contribution in [2.75, 3.05) is 18.6 Å². The SMILES string of the molecule is CSCCC(=O)N1CCc2onc(-c3ccc(Cl)cc3)c2C1. The maximum Gasteiger partial charge on any atom is 0.223 e. The van der Waals surface area contributed by atoms with Crippen LogP contribution in [0.2, 0.25) is 5.02 Å². The third-order valence-corrected chi connectivity index (χ3v) is 4.68. The van der Waals surface area contributed by atoms with Crippen LogP contribution in [0, 0.1) is 0 Å². The first-order valence-corrected chi connectivity index (χ1v) is 8.96. The van der Waals surface area contributed by atoms with E-state index in [0.29, 0.717) is 24.5 Å². The van der Waals surface area contributed by atoms with Crippen LogP contribution in [0.15, 0.2) is 28.8 Å². The van der Waals surface area contributed by atoms with Crippen molar-refractivity contribution >= 4 is 29.3 Å². The highest BCUT2D eigenvalue weighted by atomic mass is 35.5. The summed E-state index contributed by atoms with van der Waals surface area (Å²) in [5.74, 6) is 1.94. The molecule has 0 spiro atoms. The molecule has 0 saturated carbocycles. The van der Waals surface area contributed by atoms with Crippen LogP contribution in [0.4, 0.5) is 0 Å². The van der Waals surface area contributed by atoms with Crippen molar-refractivity contribution in [1.82, 2.24) is 10.1 Å². The Kier molecular flexibility index (Phi) is 4.74. The molecule has 4 nitrogen and oxygen atoms in total. The summed E-state index contributed by atoms with van der Waals surface area (Å²) in [6.07, 6.45) is 3.32. The smallest absolute Gasteiger partial charge is 0.223 e. The molecular formula is C16H17ClN2O2S. The molecule has 3 rings (SSSR count). The first-order valence-electron chi connectivity index (χ1n) is 7.19. The van der Waals surface area contributed by atoms with Crippen LogP contribution in [-0.2, 0) is 17.8 Å². The first kappa shape index (κ1) is 15.4. The third-order valence-electron chi connectivity index (χ3n) is 3.82. The van der Waals surface area contributed by atoms with Gasteiger partial charge < -0.3 is 9.42 Å². The highest BCUT2D eigenvalue weighted by Gasteiger charge is 2.27. The first-order chi connectivity index (χ1) is 10.7. The second-order valence-electron chi connectivity index (χ2n) is 5.25. The lowest BCUT2D eigenvalue weighted by Gasteiger charge is -2.26. The van der Waals surface area contributed by atoms with Gasteiger partial charge in [0.15, 0.2) is 0 Å². The number of aromatic nitrogens is 1. The number of benzene rings is 1. The van der Waals surface area contributed by atoms with Gasteiger partial charge in [-0.25, -0.2) is 0 Å². The minimum atomic E-state index is 0.197. The van der Waals surface area contributed by atoms with Crippen molar-refractivity contribution in [1.29, 1.82) is 0 Å². The molecular weight excluding hydrogens is 320 g/mol. The summed E-state index contributed by atoms with van der Waals surface area (Å²) in [4.78, 5) is 14.1. The van der Waals surface area contributed by atoms with Crippen molar-refractivity contribution in [2.24, 2.45) is 0 Å². The fraction of sp³-hybridized carbons (Fsp3) is 0.375. The Morgan fingerprint density at radius 3 is 2.91 bits per heavy atom. The van der Waals surface area contributed by atoms with Crippen molar-refractivity contribution in [2.45, 2.75) is 19.4 Å². The maximum atomic E-state index is 12.2. The number of thioether (sulfide) groups is 1. The predicted octanol–water partition coefficient (Wildman–Crippen LogP) is 3.63. The van der Waals surface area contributed by atoms with E-state index in [1.165, 1.54) is 0 Å². The van der Waals surface area contributed by atoms with Gasteiger partial charge in [-0.15, -0.1) is 0 Å². The molecule has 0 aliphatic carbocycles. The Morgan fingerprint density at radius 1 is 1.41 bits per heavy atom. The van der Waals surface area contributed by atoms with Gasteiger partial charge in [-0.2, -0.15) is 11.8 Å². The third kappa shape index (κ3) is 3.15. The van der Waals surface area contributed by atoms with Gasteiger partial charge >= 0.3 is 0 Å². The number of carbonyl (C=O) groups excluding carboxylic acids is 1. The average Bonchev–Trinajstić information content (AvgIpc) is 2.96. The van der Waals surface area contributed by atoms with Crippen LogP contribution in [-0.4, -0.2) is 34.5 Å². The zero-order valence-electron chi connectivity index (χ0n) is 12.3. The molecule has 1 amide bonds. The standard InChI is InChI=1S/C16H17ClN2O2S/c1-22-9-7-15(20)19-8-6-14-13(10-19)16(18-21-14)11-2-4-12(17)5-3-11/h2-5H,6-10H2,1H3. The molecule has 1 aliphatic heterocycles. The molecule has 0 radical (unpaired) electrons. The zero-order chi connectivity index (χ0) is 15.5. The lowest BCUT2D eigenvalue weighted by molar-refractivity contribution is -0.131. The number of rotatable bonds is 4. The molecule has 116 valence electrons. The van der Waals surface area contributed by atoms with Gasteiger partial charge in [0.2, 0.25) is 5.91 Å². The van der Waals surface area contributed by atoms with Crippen molar-refractivity contribution in [3.8, 4) is 11.3 Å². The Hall–Kier alpha value is -1.46. The van der Waals surface area contributed by atoms with Crippen LogP contribution in [0.5, 0.6) is 0 Å². The molecule has 1 aromatic heterocycles. The molecule has 0 bridgehead atoms. The Morgan fingerprint density at radius 2 is 2.18 bits per heavy atom. The van der Waals surface area contributed by atoms with E-state index in [4.69, 9.17) is 16.1 Å². The molecule has 2 aromatic rings. The Balaban J connectivity index is 1.82. The number of hydrogen-bond donors (Lipinski definition) is 0. The summed E-state index contributed by atoms with van der Waals surface area (Å²) < 4.78 is 5.46. The monoisotopic (exact) mass is 336 g/mol. The molecule has 0 atom stereocenters. The number of fused-ring (bicyclic) bond motifs is 1. The summed E-state index contributed by atoms with van der Waals surface area (Å²) in [5, 5.41) is 4.88. The molecule has 0 unspecified atom stereocenters. The van der Waals surface area contributed by atoms with E-state index in [2.05, 4.69) is 5.16 Å². The van der Waals surface area contributed by atoms with Crippen LogP contribution in [0.25, 0.3) is 11.3 Å². The van der Waals surface area contributed by atoms with Gasteiger partial charge in [-0.05, 0) is 18.4 Å². The van der Waals surface area contributed by atoms with Gasteiger partial charge in [0.1, 0.15) is 11.5 Å². The number of halogens is 1. The highest BCUT2D eigenvalue weighted by molar-refractivity contribution is 7.98. The Bertz CT molecular complexity index is 669. The van der Waals surface area contributed by atoms with Crippen LogP contribution in [0.3, 0.4) is 0 Å². The average molecular weight is 337 g/mol. The molecule has 22 heavy (non-hydrogen) atoms. The summed E-state index contributed by atoms with van der Waals surface area (Å²) in [7, 11) is 0. The molecule has 2 heterocycles. The second-order valence-corrected chi connectivity index (χ2v) is 6.67. The van der Waals surface area contributed by atoms with Crippen molar-refractivity contribution in [3.63, 3.8) is 0 Å². The van der Waals surface area contributed by atoms with E-state index in [1.54, 1.807) is 11.8 Å². The number of hydrogen-bond acceptors (Lipinski definition) is 4. The van der Waals surface area contributed by atoms with Crippen LogP contribution < -0.4 is 0 Å². The predicted molar refractivity (Wildman–Crippen MR) is 89.1 cm³/mol. The maximum absolute atomic E-state index is 12.2. The quantitative estimate of drug-likeness (QED) is 0.855. The van der Waals surface area contributed by atoms with E-state index >= 15 is 0 Å². The molecule has 0 saturated heterocycles. The number of nitrogens with zero attached hydrogens (tertiary/aromatic N) is 2. The number of carbonyl (C=O) groups is 1. The molecule has 0 fully saturated rings. The minimum absolute atomic E-state index is 0.197. The molecule has 1 aliphatic rings. The second kappa shape index (κ2) is 6.75. The lowest BCUT2D eigenvalue weighted by Crippen LogP contribution is -2.35. The van der Waals surface area contributed by atoms with Gasteiger partial charge in [0.25, 0.3) is 0 Å². The van der Waals surface area contributed by atoms with Gasteiger partial charge in [-0.3, -0.25) is 4.79 Å². The van der Waals surface area contributed by atoms with Crippen molar-refractivity contribution in [3.05, 3.63) is 40.6 Å². The largest absolute Gasteiger partial charge is 0.360 e. The topological polar surface area (TPSA) is 46.3 Å². The van der Waals surface area contributed by atoms with Gasteiger partial charge in [0.05, 0.1) is 6.54 Å². The molecule has 6 heteroatoms. The fourth-order valence-corrected chi connectivity index (χ4v) is 3.11. The summed E-state index contributed by atoms with van der Waals surface area (Å²) in [6, 6.07) is 7.52. The van der Waals surface area contributed by atoms with Crippen molar-refractivity contribution < 1.29 is 9.32 Å². The highest BCUT2D eigenvalue weighted by Crippen LogP contribution is 2.30. The van der Waals surface area contributed by atoms with Gasteiger partial charge in [-0.1, -0.05) is 28.9 Å². The van der Waals surface area contributed by atoms with Crippen LogP contribution in [0.1, 0.15) is 17.7 Å². The number of amides is 1. The lowest BCUT2D eigenvalue weighted by atomic mass is 10.0. The molecule has 0 N–H and O–H groups in total. The minimum Gasteiger partial charge on any atom is -0.360 e. The van der Waals surface area contributed by atoms with Gasteiger partial charge in [0, 0.05) is 41.3 Å². The van der Waals surface area contributed by atoms with Crippen LogP contribution >= 0.6 is 23.4 Å². The summed E-state index contributed by atoms with van der Waals surface area (Å²) in [6.45, 7) is 1.28. The van der Waals surface area contributed by atoms with E-state index in [1.807, 2.05) is 35.4 Å². The fourth-order valence-electron chi connectivity index (χ4n) is 2.60. The van der Waals surface area contributed by atoms with E-state index in [0.717, 1.165) is 34.8 Å².